The summed E-state index contributed by atoms with van der Waals surface area (Å²) >= 11 is 0. The van der Waals surface area contributed by atoms with E-state index in [4.69, 9.17) is 5.11 Å². The summed E-state index contributed by atoms with van der Waals surface area (Å²) in [5, 5.41) is 22.3. The van der Waals surface area contributed by atoms with Gasteiger partial charge in [0.2, 0.25) is 5.91 Å². The Morgan fingerprint density at radius 1 is 1.56 bits per heavy atom. The molecule has 7 nitrogen and oxygen atoms in total. The minimum absolute atomic E-state index is 0.0560. The van der Waals surface area contributed by atoms with Gasteiger partial charge in [-0.2, -0.15) is 0 Å². The van der Waals surface area contributed by atoms with Crippen LogP contribution in [0.4, 0.5) is 0 Å². The summed E-state index contributed by atoms with van der Waals surface area (Å²) in [7, 11) is 0. The van der Waals surface area contributed by atoms with Gasteiger partial charge in [0.1, 0.15) is 12.9 Å². The van der Waals surface area contributed by atoms with Crippen LogP contribution in [0.3, 0.4) is 0 Å². The largest absolute Gasteiger partial charge is 0.394 e. The van der Waals surface area contributed by atoms with Gasteiger partial charge in [0, 0.05) is 0 Å². The molecule has 16 heavy (non-hydrogen) atoms. The summed E-state index contributed by atoms with van der Waals surface area (Å²) in [6.45, 7) is 4.09. The number of aromatic nitrogens is 4. The molecule has 0 aliphatic heterocycles. The molecule has 90 valence electrons. The molecule has 0 fully saturated rings. The van der Waals surface area contributed by atoms with Crippen molar-refractivity contribution in [1.82, 2.24) is 25.5 Å². The van der Waals surface area contributed by atoms with E-state index in [0.29, 0.717) is 5.92 Å². The Labute approximate surface area is 93.8 Å². The third-order valence-electron chi connectivity index (χ3n) is 2.04. The molecule has 0 bridgehead atoms. The highest BCUT2D eigenvalue weighted by molar-refractivity contribution is 5.75. The molecule has 1 aromatic heterocycles. The van der Waals surface area contributed by atoms with Crippen molar-refractivity contribution in [3.8, 4) is 0 Å². The lowest BCUT2D eigenvalue weighted by molar-refractivity contribution is -0.123. The van der Waals surface area contributed by atoms with Crippen LogP contribution >= 0.6 is 0 Å². The Kier molecular flexibility index (Phi) is 4.84. The normalized spacial score (nSPS) is 12.8. The molecular formula is C9H17N5O2. The van der Waals surface area contributed by atoms with Gasteiger partial charge in [0.05, 0.1) is 12.6 Å². The molecule has 7 heteroatoms. The molecule has 0 aromatic carbocycles. The van der Waals surface area contributed by atoms with Crippen molar-refractivity contribution < 1.29 is 9.90 Å². The number of amides is 1. The van der Waals surface area contributed by atoms with Crippen LogP contribution in [0, 0.1) is 5.92 Å². The second-order valence-electron chi connectivity index (χ2n) is 4.08. The van der Waals surface area contributed by atoms with E-state index in [1.54, 1.807) is 0 Å². The van der Waals surface area contributed by atoms with E-state index in [1.807, 2.05) is 13.8 Å². The molecule has 1 rings (SSSR count). The van der Waals surface area contributed by atoms with Crippen molar-refractivity contribution in [2.45, 2.75) is 32.9 Å². The number of carbonyl (C=O) groups excluding carboxylic acids is 1. The van der Waals surface area contributed by atoms with Gasteiger partial charge in [-0.25, -0.2) is 4.68 Å². The lowest BCUT2D eigenvalue weighted by Gasteiger charge is -2.17. The number of nitrogens with one attached hydrogen (secondary N) is 1. The second-order valence-corrected chi connectivity index (χ2v) is 4.08. The zero-order valence-electron chi connectivity index (χ0n) is 9.50. The first-order valence-electron chi connectivity index (χ1n) is 5.22. The van der Waals surface area contributed by atoms with E-state index >= 15 is 0 Å². The first kappa shape index (κ1) is 12.6. The van der Waals surface area contributed by atoms with Crippen LogP contribution in [0.1, 0.15) is 20.3 Å². The highest BCUT2D eigenvalue weighted by Gasteiger charge is 2.13. The molecule has 2 N–H and O–H groups in total. The van der Waals surface area contributed by atoms with Crippen molar-refractivity contribution in [1.29, 1.82) is 0 Å². The SMILES string of the molecule is CC(C)CC(CO)NC(=O)Cn1cnnn1. The maximum absolute atomic E-state index is 11.5. The topological polar surface area (TPSA) is 92.9 Å². The molecule has 1 atom stereocenters. The fraction of sp³-hybridized carbons (Fsp3) is 0.778. The van der Waals surface area contributed by atoms with Gasteiger partial charge in [-0.3, -0.25) is 4.79 Å². The van der Waals surface area contributed by atoms with E-state index in [0.717, 1.165) is 6.42 Å². The van der Waals surface area contributed by atoms with Crippen LogP contribution in [0.2, 0.25) is 0 Å². The second kappa shape index (κ2) is 6.16. The zero-order valence-corrected chi connectivity index (χ0v) is 9.50. The van der Waals surface area contributed by atoms with Crippen molar-refractivity contribution >= 4 is 5.91 Å². The maximum Gasteiger partial charge on any atom is 0.242 e. The third kappa shape index (κ3) is 4.35. The van der Waals surface area contributed by atoms with E-state index in [-0.39, 0.29) is 25.1 Å². The Morgan fingerprint density at radius 2 is 2.31 bits per heavy atom. The van der Waals surface area contributed by atoms with E-state index in [1.165, 1.54) is 11.0 Å². The standard InChI is InChI=1S/C9H17N5O2/c1-7(2)3-8(5-15)11-9(16)4-14-6-10-12-13-14/h6-8,15H,3-5H2,1-2H3,(H,11,16). The quantitative estimate of drug-likeness (QED) is 0.663. The number of aliphatic hydroxyl groups is 1. The number of nitrogens with zero attached hydrogens (tertiary/aromatic N) is 4. The fourth-order valence-corrected chi connectivity index (χ4v) is 1.42. The number of hydrogen-bond acceptors (Lipinski definition) is 5. The Morgan fingerprint density at radius 3 is 2.81 bits per heavy atom. The zero-order chi connectivity index (χ0) is 12.0. The summed E-state index contributed by atoms with van der Waals surface area (Å²) in [6.07, 6.45) is 2.12. The Balaban J connectivity index is 2.37. The lowest BCUT2D eigenvalue weighted by atomic mass is 10.0. The van der Waals surface area contributed by atoms with Gasteiger partial charge >= 0.3 is 0 Å². The van der Waals surface area contributed by atoms with Crippen LogP contribution in [-0.2, 0) is 11.3 Å². The van der Waals surface area contributed by atoms with Gasteiger partial charge in [-0.15, -0.1) is 5.10 Å². The minimum atomic E-state index is -0.205. The predicted molar refractivity (Wildman–Crippen MR) is 56.3 cm³/mol. The lowest BCUT2D eigenvalue weighted by Crippen LogP contribution is -2.40. The number of carbonyl (C=O) groups is 1. The van der Waals surface area contributed by atoms with Gasteiger partial charge in [-0.05, 0) is 22.8 Å². The summed E-state index contributed by atoms with van der Waals surface area (Å²) < 4.78 is 1.33. The highest BCUT2D eigenvalue weighted by Crippen LogP contribution is 2.03. The van der Waals surface area contributed by atoms with Crippen LogP contribution in [0.5, 0.6) is 0 Å². The molecule has 0 saturated heterocycles. The minimum Gasteiger partial charge on any atom is -0.394 e. The summed E-state index contributed by atoms with van der Waals surface area (Å²) in [4.78, 5) is 11.5. The van der Waals surface area contributed by atoms with Gasteiger partial charge in [0.25, 0.3) is 0 Å². The van der Waals surface area contributed by atoms with Gasteiger partial charge < -0.3 is 10.4 Å². The van der Waals surface area contributed by atoms with Gasteiger partial charge in [-0.1, -0.05) is 13.8 Å². The van der Waals surface area contributed by atoms with E-state index in [2.05, 4.69) is 20.8 Å². The molecule has 1 amide bonds. The molecule has 0 aliphatic rings. The molecule has 1 unspecified atom stereocenters. The van der Waals surface area contributed by atoms with Crippen LogP contribution < -0.4 is 5.32 Å². The van der Waals surface area contributed by atoms with Crippen molar-refractivity contribution in [2.75, 3.05) is 6.61 Å². The molecule has 0 saturated carbocycles. The molecular weight excluding hydrogens is 210 g/mol. The summed E-state index contributed by atoms with van der Waals surface area (Å²) in [5.74, 6) is 0.220. The van der Waals surface area contributed by atoms with E-state index < -0.39 is 0 Å². The fourth-order valence-electron chi connectivity index (χ4n) is 1.42. The monoisotopic (exact) mass is 227 g/mol. The molecule has 1 aromatic rings. The van der Waals surface area contributed by atoms with Crippen LogP contribution in [0.25, 0.3) is 0 Å². The maximum atomic E-state index is 11.5. The third-order valence-corrected chi connectivity index (χ3v) is 2.04. The Hall–Kier alpha value is -1.50. The van der Waals surface area contributed by atoms with Crippen molar-refractivity contribution in [3.05, 3.63) is 6.33 Å². The smallest absolute Gasteiger partial charge is 0.242 e. The summed E-state index contributed by atoms with van der Waals surface area (Å²) in [6, 6.07) is -0.205. The van der Waals surface area contributed by atoms with Crippen molar-refractivity contribution in [3.63, 3.8) is 0 Å². The number of hydrogen-bond donors (Lipinski definition) is 2. The summed E-state index contributed by atoms with van der Waals surface area (Å²) in [5.41, 5.74) is 0. The average Bonchev–Trinajstić information content (AvgIpc) is 2.68. The predicted octanol–water partition coefficient (Wildman–Crippen LogP) is -0.804. The number of tetrazole rings is 1. The van der Waals surface area contributed by atoms with E-state index in [9.17, 15) is 4.79 Å². The number of rotatable bonds is 6. The first-order valence-corrected chi connectivity index (χ1v) is 5.22. The van der Waals surface area contributed by atoms with Crippen molar-refractivity contribution in [2.24, 2.45) is 5.92 Å². The number of aliphatic hydroxyl groups excluding tert-OH is 1. The molecule has 1 heterocycles. The first-order chi connectivity index (χ1) is 7.61. The van der Waals surface area contributed by atoms with Crippen LogP contribution in [-0.4, -0.2) is 43.9 Å². The Bertz CT molecular complexity index is 312. The molecule has 0 spiro atoms. The molecule has 0 aliphatic carbocycles. The average molecular weight is 227 g/mol. The molecule has 0 radical (unpaired) electrons. The highest BCUT2D eigenvalue weighted by atomic mass is 16.3. The van der Waals surface area contributed by atoms with Gasteiger partial charge in [0.15, 0.2) is 0 Å². The van der Waals surface area contributed by atoms with Crippen LogP contribution in [0.15, 0.2) is 6.33 Å².